The standard InChI is InChI=1S/C11H23N3O/c1-4-13(2)11(15)9-12-7-8-14(3)10-5-6-10/h10,12H,4-9H2,1-3H3. The zero-order chi connectivity index (χ0) is 11.3. The number of hydrogen-bond acceptors (Lipinski definition) is 3. The molecule has 4 heteroatoms. The summed E-state index contributed by atoms with van der Waals surface area (Å²) in [6, 6.07) is 0.806. The Bertz CT molecular complexity index is 204. The van der Waals surface area contributed by atoms with Gasteiger partial charge in [-0.1, -0.05) is 0 Å². The van der Waals surface area contributed by atoms with E-state index < -0.39 is 0 Å². The largest absolute Gasteiger partial charge is 0.345 e. The Kier molecular flexibility index (Phi) is 5.05. The average molecular weight is 213 g/mol. The number of rotatable bonds is 7. The van der Waals surface area contributed by atoms with E-state index in [1.807, 2.05) is 14.0 Å². The van der Waals surface area contributed by atoms with Gasteiger partial charge in [0.05, 0.1) is 6.54 Å². The van der Waals surface area contributed by atoms with Crippen LogP contribution in [0.15, 0.2) is 0 Å². The third kappa shape index (κ3) is 4.62. The highest BCUT2D eigenvalue weighted by Crippen LogP contribution is 2.24. The summed E-state index contributed by atoms with van der Waals surface area (Å²) in [4.78, 5) is 15.5. The Labute approximate surface area is 92.6 Å². The molecule has 1 aliphatic carbocycles. The van der Waals surface area contributed by atoms with E-state index in [4.69, 9.17) is 0 Å². The second-order valence-corrected chi connectivity index (χ2v) is 4.30. The summed E-state index contributed by atoms with van der Waals surface area (Å²) in [7, 11) is 3.99. The molecule has 0 radical (unpaired) electrons. The van der Waals surface area contributed by atoms with Crippen LogP contribution in [0.1, 0.15) is 19.8 Å². The number of carbonyl (C=O) groups excluding carboxylic acids is 1. The van der Waals surface area contributed by atoms with Crippen molar-refractivity contribution in [1.82, 2.24) is 15.1 Å². The molecular formula is C11H23N3O. The second-order valence-electron chi connectivity index (χ2n) is 4.30. The van der Waals surface area contributed by atoms with Crippen LogP contribution < -0.4 is 5.32 Å². The zero-order valence-electron chi connectivity index (χ0n) is 10.1. The van der Waals surface area contributed by atoms with E-state index in [1.165, 1.54) is 12.8 Å². The Morgan fingerprint density at radius 2 is 2.07 bits per heavy atom. The summed E-state index contributed by atoms with van der Waals surface area (Å²) >= 11 is 0. The van der Waals surface area contributed by atoms with Crippen LogP contribution in [-0.2, 0) is 4.79 Å². The van der Waals surface area contributed by atoms with Crippen molar-refractivity contribution < 1.29 is 4.79 Å². The lowest BCUT2D eigenvalue weighted by molar-refractivity contribution is -0.128. The molecule has 1 amide bonds. The highest BCUT2D eigenvalue weighted by Gasteiger charge is 2.25. The SMILES string of the molecule is CCN(C)C(=O)CNCCN(C)C1CC1. The molecule has 1 saturated carbocycles. The summed E-state index contributed by atoms with van der Waals surface area (Å²) in [6.45, 7) is 5.16. The Hall–Kier alpha value is -0.610. The molecule has 1 rings (SSSR count). The average Bonchev–Trinajstić information content (AvgIpc) is 3.06. The van der Waals surface area contributed by atoms with Gasteiger partial charge in [-0.25, -0.2) is 0 Å². The quantitative estimate of drug-likeness (QED) is 0.611. The first-order chi connectivity index (χ1) is 7.15. The van der Waals surface area contributed by atoms with Crippen LogP contribution >= 0.6 is 0 Å². The molecule has 0 saturated heterocycles. The van der Waals surface area contributed by atoms with Crippen LogP contribution in [0.2, 0.25) is 0 Å². The van der Waals surface area contributed by atoms with E-state index in [2.05, 4.69) is 17.3 Å². The molecule has 15 heavy (non-hydrogen) atoms. The summed E-state index contributed by atoms with van der Waals surface area (Å²) in [5.41, 5.74) is 0. The van der Waals surface area contributed by atoms with Gasteiger partial charge in [0.25, 0.3) is 0 Å². The molecule has 0 heterocycles. The molecule has 0 aromatic heterocycles. The lowest BCUT2D eigenvalue weighted by Gasteiger charge is -2.17. The van der Waals surface area contributed by atoms with Gasteiger partial charge in [-0.2, -0.15) is 0 Å². The summed E-state index contributed by atoms with van der Waals surface area (Å²) in [5.74, 6) is 0.173. The highest BCUT2D eigenvalue weighted by molar-refractivity contribution is 5.77. The zero-order valence-corrected chi connectivity index (χ0v) is 10.1. The van der Waals surface area contributed by atoms with Crippen molar-refractivity contribution in [3.63, 3.8) is 0 Å². The molecule has 1 fully saturated rings. The molecule has 1 aliphatic rings. The number of amides is 1. The first-order valence-corrected chi connectivity index (χ1v) is 5.80. The number of carbonyl (C=O) groups is 1. The van der Waals surface area contributed by atoms with Crippen LogP contribution in [0.3, 0.4) is 0 Å². The van der Waals surface area contributed by atoms with Gasteiger partial charge in [0.1, 0.15) is 0 Å². The smallest absolute Gasteiger partial charge is 0.236 e. The van der Waals surface area contributed by atoms with Gasteiger partial charge in [-0.15, -0.1) is 0 Å². The van der Waals surface area contributed by atoms with Crippen molar-refractivity contribution >= 4 is 5.91 Å². The van der Waals surface area contributed by atoms with Crippen molar-refractivity contribution in [3.8, 4) is 0 Å². The molecule has 4 nitrogen and oxygen atoms in total. The molecular weight excluding hydrogens is 190 g/mol. The fraction of sp³-hybridized carbons (Fsp3) is 0.909. The molecule has 0 aromatic carbocycles. The van der Waals surface area contributed by atoms with E-state index in [-0.39, 0.29) is 5.91 Å². The second kappa shape index (κ2) is 6.08. The summed E-state index contributed by atoms with van der Waals surface area (Å²) in [5, 5.41) is 3.18. The predicted molar refractivity (Wildman–Crippen MR) is 61.8 cm³/mol. The van der Waals surface area contributed by atoms with Gasteiger partial charge in [0.2, 0.25) is 5.91 Å². The van der Waals surface area contributed by atoms with Crippen molar-refractivity contribution in [2.24, 2.45) is 0 Å². The van der Waals surface area contributed by atoms with Crippen LogP contribution in [0.5, 0.6) is 0 Å². The van der Waals surface area contributed by atoms with Gasteiger partial charge in [-0.3, -0.25) is 4.79 Å². The molecule has 0 aliphatic heterocycles. The molecule has 0 atom stereocenters. The molecule has 0 spiro atoms. The van der Waals surface area contributed by atoms with E-state index in [0.717, 1.165) is 25.7 Å². The highest BCUT2D eigenvalue weighted by atomic mass is 16.2. The molecule has 0 bridgehead atoms. The van der Waals surface area contributed by atoms with Gasteiger partial charge < -0.3 is 15.1 Å². The first kappa shape index (κ1) is 12.5. The fourth-order valence-corrected chi connectivity index (χ4v) is 1.46. The normalized spacial score (nSPS) is 15.7. The van der Waals surface area contributed by atoms with Gasteiger partial charge in [-0.05, 0) is 26.8 Å². The number of hydrogen-bond donors (Lipinski definition) is 1. The minimum absolute atomic E-state index is 0.173. The van der Waals surface area contributed by atoms with Crippen LogP contribution in [0.25, 0.3) is 0 Å². The topological polar surface area (TPSA) is 35.6 Å². The van der Waals surface area contributed by atoms with Crippen molar-refractivity contribution in [1.29, 1.82) is 0 Å². The van der Waals surface area contributed by atoms with Gasteiger partial charge in [0, 0.05) is 32.7 Å². The van der Waals surface area contributed by atoms with Gasteiger partial charge >= 0.3 is 0 Å². The van der Waals surface area contributed by atoms with Crippen molar-refractivity contribution in [2.45, 2.75) is 25.8 Å². The monoisotopic (exact) mass is 213 g/mol. The maximum atomic E-state index is 11.4. The van der Waals surface area contributed by atoms with E-state index >= 15 is 0 Å². The molecule has 88 valence electrons. The molecule has 0 aromatic rings. The Balaban J connectivity index is 1.98. The molecule has 1 N–H and O–H groups in total. The fourth-order valence-electron chi connectivity index (χ4n) is 1.46. The van der Waals surface area contributed by atoms with Crippen LogP contribution in [0, 0.1) is 0 Å². The van der Waals surface area contributed by atoms with Crippen LogP contribution in [0.4, 0.5) is 0 Å². The summed E-state index contributed by atoms with van der Waals surface area (Å²) < 4.78 is 0. The van der Waals surface area contributed by atoms with Gasteiger partial charge in [0.15, 0.2) is 0 Å². The number of likely N-dealkylation sites (N-methyl/N-ethyl adjacent to an activating group) is 2. The minimum atomic E-state index is 0.173. The van der Waals surface area contributed by atoms with E-state index in [1.54, 1.807) is 4.90 Å². The lowest BCUT2D eigenvalue weighted by Crippen LogP contribution is -2.38. The minimum Gasteiger partial charge on any atom is -0.345 e. The number of nitrogens with zero attached hydrogens (tertiary/aromatic N) is 2. The third-order valence-corrected chi connectivity index (χ3v) is 2.99. The summed E-state index contributed by atoms with van der Waals surface area (Å²) in [6.07, 6.45) is 2.68. The third-order valence-electron chi connectivity index (χ3n) is 2.99. The predicted octanol–water partition coefficient (Wildman–Crippen LogP) is 0.149. The van der Waals surface area contributed by atoms with E-state index in [0.29, 0.717) is 6.54 Å². The maximum absolute atomic E-state index is 11.4. The first-order valence-electron chi connectivity index (χ1n) is 5.80. The number of nitrogens with one attached hydrogen (secondary N) is 1. The Morgan fingerprint density at radius 3 is 2.60 bits per heavy atom. The van der Waals surface area contributed by atoms with E-state index in [9.17, 15) is 4.79 Å². The van der Waals surface area contributed by atoms with Crippen LogP contribution in [-0.4, -0.2) is 62.0 Å². The lowest BCUT2D eigenvalue weighted by atomic mass is 10.4. The van der Waals surface area contributed by atoms with Crippen molar-refractivity contribution in [2.75, 3.05) is 40.3 Å². The molecule has 0 unspecified atom stereocenters. The Morgan fingerprint density at radius 1 is 1.40 bits per heavy atom. The van der Waals surface area contributed by atoms with Crippen molar-refractivity contribution in [3.05, 3.63) is 0 Å². The maximum Gasteiger partial charge on any atom is 0.236 e.